The summed E-state index contributed by atoms with van der Waals surface area (Å²) in [6.07, 6.45) is 3.08. The van der Waals surface area contributed by atoms with Gasteiger partial charge in [0.2, 0.25) is 0 Å². The van der Waals surface area contributed by atoms with Gasteiger partial charge in [0.05, 0.1) is 5.41 Å². The molecule has 6 heteroatoms. The smallest absolute Gasteiger partial charge is 0.315 e. The van der Waals surface area contributed by atoms with Crippen LogP contribution in [0.25, 0.3) is 0 Å². The topological polar surface area (TPSA) is 78.4 Å². The van der Waals surface area contributed by atoms with Crippen molar-refractivity contribution < 1.29 is 14.7 Å². The van der Waals surface area contributed by atoms with Gasteiger partial charge in [-0.3, -0.25) is 4.79 Å². The highest BCUT2D eigenvalue weighted by molar-refractivity contribution is 7.07. The van der Waals surface area contributed by atoms with Gasteiger partial charge in [-0.2, -0.15) is 11.3 Å². The molecular formula is C15H22N2O3S. The van der Waals surface area contributed by atoms with Crippen molar-refractivity contribution >= 4 is 23.3 Å². The maximum atomic E-state index is 11.8. The van der Waals surface area contributed by atoms with Crippen molar-refractivity contribution in [1.82, 2.24) is 10.6 Å². The summed E-state index contributed by atoms with van der Waals surface area (Å²) in [5.74, 6) is -0.225. The van der Waals surface area contributed by atoms with Gasteiger partial charge in [-0.05, 0) is 54.0 Å². The Labute approximate surface area is 128 Å². The zero-order valence-corrected chi connectivity index (χ0v) is 13.0. The van der Waals surface area contributed by atoms with Crippen molar-refractivity contribution in [2.75, 3.05) is 6.54 Å². The summed E-state index contributed by atoms with van der Waals surface area (Å²) in [6.45, 7) is 2.81. The Morgan fingerprint density at radius 1 is 1.38 bits per heavy atom. The molecule has 1 fully saturated rings. The number of carbonyl (C=O) groups excluding carboxylic acids is 1. The molecule has 1 aliphatic rings. The first kappa shape index (κ1) is 15.8. The Morgan fingerprint density at radius 3 is 2.67 bits per heavy atom. The number of carboxylic acids is 1. The molecule has 116 valence electrons. The van der Waals surface area contributed by atoms with Crippen LogP contribution < -0.4 is 10.6 Å². The van der Waals surface area contributed by atoms with E-state index in [-0.39, 0.29) is 12.6 Å². The molecule has 0 radical (unpaired) electrons. The minimum absolute atomic E-state index is 0.199. The molecule has 0 aliphatic heterocycles. The Kier molecular flexibility index (Phi) is 5.22. The standard InChI is InChI=1S/C15H22N2O3S/c1-11-2-5-15(6-3-11,13(18)19)10-17-14(20)16-8-12-4-7-21-9-12/h4,7,9,11H,2-3,5-6,8,10H2,1H3,(H,18,19)(H2,16,17,20). The lowest BCUT2D eigenvalue weighted by molar-refractivity contribution is -0.151. The van der Waals surface area contributed by atoms with Gasteiger partial charge >= 0.3 is 12.0 Å². The number of carboxylic acid groups (broad SMARTS) is 1. The third kappa shape index (κ3) is 4.20. The minimum Gasteiger partial charge on any atom is -0.481 e. The SMILES string of the molecule is CC1CCC(CNC(=O)NCc2ccsc2)(C(=O)O)CC1. The quantitative estimate of drug-likeness (QED) is 0.782. The van der Waals surface area contributed by atoms with Gasteiger partial charge in [0.15, 0.2) is 0 Å². The number of hydrogen-bond donors (Lipinski definition) is 3. The maximum Gasteiger partial charge on any atom is 0.315 e. The fourth-order valence-corrected chi connectivity index (χ4v) is 3.34. The van der Waals surface area contributed by atoms with Gasteiger partial charge < -0.3 is 15.7 Å². The van der Waals surface area contributed by atoms with Crippen LogP contribution in [0.4, 0.5) is 4.79 Å². The van der Waals surface area contributed by atoms with Crippen LogP contribution in [0.15, 0.2) is 16.8 Å². The number of hydrogen-bond acceptors (Lipinski definition) is 3. The molecule has 3 N–H and O–H groups in total. The molecule has 1 aromatic heterocycles. The van der Waals surface area contributed by atoms with E-state index in [0.717, 1.165) is 18.4 Å². The zero-order valence-electron chi connectivity index (χ0n) is 12.2. The molecular weight excluding hydrogens is 288 g/mol. The predicted molar refractivity (Wildman–Crippen MR) is 82.3 cm³/mol. The van der Waals surface area contributed by atoms with Crippen molar-refractivity contribution in [1.29, 1.82) is 0 Å². The fourth-order valence-electron chi connectivity index (χ4n) is 2.67. The average Bonchev–Trinajstić information content (AvgIpc) is 2.98. The summed E-state index contributed by atoms with van der Waals surface area (Å²) >= 11 is 1.58. The molecule has 0 atom stereocenters. The molecule has 0 saturated heterocycles. The van der Waals surface area contributed by atoms with E-state index in [1.54, 1.807) is 11.3 Å². The molecule has 0 unspecified atom stereocenters. The van der Waals surface area contributed by atoms with Crippen LogP contribution in [0.2, 0.25) is 0 Å². The lowest BCUT2D eigenvalue weighted by Gasteiger charge is -2.35. The number of nitrogens with one attached hydrogen (secondary N) is 2. The second-order valence-electron chi connectivity index (χ2n) is 5.94. The number of aliphatic carboxylic acids is 1. The van der Waals surface area contributed by atoms with E-state index in [0.29, 0.717) is 25.3 Å². The zero-order chi connectivity index (χ0) is 15.3. The first-order chi connectivity index (χ1) is 10.0. The minimum atomic E-state index is -0.799. The Balaban J connectivity index is 1.81. The van der Waals surface area contributed by atoms with E-state index in [1.165, 1.54) is 0 Å². The Bertz CT molecular complexity index is 479. The van der Waals surface area contributed by atoms with E-state index in [4.69, 9.17) is 0 Å². The number of thiophene rings is 1. The first-order valence-corrected chi connectivity index (χ1v) is 8.22. The number of amides is 2. The van der Waals surface area contributed by atoms with Gasteiger partial charge in [0, 0.05) is 13.1 Å². The highest BCUT2D eigenvalue weighted by Crippen LogP contribution is 2.38. The average molecular weight is 310 g/mol. The van der Waals surface area contributed by atoms with Gasteiger partial charge in [-0.1, -0.05) is 6.92 Å². The molecule has 5 nitrogen and oxygen atoms in total. The number of urea groups is 1. The molecule has 0 bridgehead atoms. The fraction of sp³-hybridized carbons (Fsp3) is 0.600. The molecule has 1 saturated carbocycles. The van der Waals surface area contributed by atoms with Crippen LogP contribution in [-0.4, -0.2) is 23.7 Å². The van der Waals surface area contributed by atoms with E-state index in [1.807, 2.05) is 16.8 Å². The highest BCUT2D eigenvalue weighted by atomic mass is 32.1. The normalized spacial score (nSPS) is 25.3. The van der Waals surface area contributed by atoms with Crippen LogP contribution in [0.3, 0.4) is 0 Å². The third-order valence-corrected chi connectivity index (χ3v) is 5.04. The summed E-state index contributed by atoms with van der Waals surface area (Å²) < 4.78 is 0. The van der Waals surface area contributed by atoms with Crippen molar-refractivity contribution in [2.45, 2.75) is 39.2 Å². The van der Waals surface area contributed by atoms with Gasteiger partial charge in [-0.25, -0.2) is 4.79 Å². The van der Waals surface area contributed by atoms with Crippen molar-refractivity contribution in [3.63, 3.8) is 0 Å². The Morgan fingerprint density at radius 2 is 2.10 bits per heavy atom. The summed E-state index contributed by atoms with van der Waals surface area (Å²) in [4.78, 5) is 23.4. The second kappa shape index (κ2) is 6.93. The van der Waals surface area contributed by atoms with Crippen LogP contribution in [0.5, 0.6) is 0 Å². The molecule has 1 heterocycles. The van der Waals surface area contributed by atoms with Crippen molar-refractivity contribution in [2.24, 2.45) is 11.3 Å². The van der Waals surface area contributed by atoms with E-state index >= 15 is 0 Å². The third-order valence-electron chi connectivity index (χ3n) is 4.31. The van der Waals surface area contributed by atoms with Crippen molar-refractivity contribution in [3.05, 3.63) is 22.4 Å². The summed E-state index contributed by atoms with van der Waals surface area (Å²) in [5, 5.41) is 18.9. The van der Waals surface area contributed by atoms with Crippen LogP contribution >= 0.6 is 11.3 Å². The predicted octanol–water partition coefficient (Wildman–Crippen LogP) is 2.83. The van der Waals surface area contributed by atoms with E-state index in [9.17, 15) is 14.7 Å². The molecule has 2 rings (SSSR count). The lowest BCUT2D eigenvalue weighted by Crippen LogP contribution is -2.47. The van der Waals surface area contributed by atoms with Crippen molar-refractivity contribution in [3.8, 4) is 0 Å². The van der Waals surface area contributed by atoms with E-state index < -0.39 is 11.4 Å². The monoisotopic (exact) mass is 310 g/mol. The summed E-state index contributed by atoms with van der Waals surface area (Å²) in [5.41, 5.74) is 0.251. The molecule has 0 spiro atoms. The van der Waals surface area contributed by atoms with E-state index in [2.05, 4.69) is 17.6 Å². The molecule has 21 heavy (non-hydrogen) atoms. The number of carbonyl (C=O) groups is 2. The molecule has 0 aromatic carbocycles. The molecule has 1 aliphatic carbocycles. The number of rotatable bonds is 5. The molecule has 1 aromatic rings. The van der Waals surface area contributed by atoms with Crippen LogP contribution in [-0.2, 0) is 11.3 Å². The van der Waals surface area contributed by atoms with Gasteiger partial charge in [0.25, 0.3) is 0 Å². The second-order valence-corrected chi connectivity index (χ2v) is 6.72. The lowest BCUT2D eigenvalue weighted by atomic mass is 9.71. The van der Waals surface area contributed by atoms with Gasteiger partial charge in [-0.15, -0.1) is 0 Å². The van der Waals surface area contributed by atoms with Crippen LogP contribution in [0, 0.1) is 11.3 Å². The van der Waals surface area contributed by atoms with Gasteiger partial charge in [0.1, 0.15) is 0 Å². The molecule has 2 amide bonds. The summed E-state index contributed by atoms with van der Waals surface area (Å²) in [6, 6.07) is 1.65. The Hall–Kier alpha value is -1.56. The first-order valence-electron chi connectivity index (χ1n) is 7.28. The van der Waals surface area contributed by atoms with Crippen LogP contribution in [0.1, 0.15) is 38.2 Å². The summed E-state index contributed by atoms with van der Waals surface area (Å²) in [7, 11) is 0. The maximum absolute atomic E-state index is 11.8. The largest absolute Gasteiger partial charge is 0.481 e. The highest BCUT2D eigenvalue weighted by Gasteiger charge is 2.41.